The van der Waals surface area contributed by atoms with E-state index in [0.717, 1.165) is 5.57 Å². The Kier molecular flexibility index (Phi) is 4.05. The van der Waals surface area contributed by atoms with Crippen LogP contribution < -0.4 is 5.32 Å². The highest BCUT2D eigenvalue weighted by molar-refractivity contribution is 5.89. The minimum Gasteiger partial charge on any atom is -0.480 e. The molecule has 2 atom stereocenters. The van der Waals surface area contributed by atoms with E-state index in [4.69, 9.17) is 5.11 Å². The average Bonchev–Trinajstić information content (AvgIpc) is 2.62. The second-order valence-corrected chi connectivity index (χ2v) is 3.59. The Bertz CT molecular complexity index is 368. The Hall–Kier alpha value is -1.84. The van der Waals surface area contributed by atoms with Crippen molar-refractivity contribution in [2.24, 2.45) is 5.92 Å². The van der Waals surface area contributed by atoms with Crippen LogP contribution in [0.15, 0.2) is 36.5 Å². The van der Waals surface area contributed by atoms with Gasteiger partial charge in [0.1, 0.15) is 6.04 Å². The van der Waals surface area contributed by atoms with Crippen LogP contribution in [0.5, 0.6) is 0 Å². The van der Waals surface area contributed by atoms with Gasteiger partial charge in [0, 0.05) is 12.3 Å². The van der Waals surface area contributed by atoms with Crippen molar-refractivity contribution >= 4 is 11.9 Å². The highest BCUT2D eigenvalue weighted by Crippen LogP contribution is 2.25. The van der Waals surface area contributed by atoms with E-state index in [9.17, 15) is 9.59 Å². The second kappa shape index (κ2) is 5.30. The van der Waals surface area contributed by atoms with Gasteiger partial charge in [-0.2, -0.15) is 0 Å². The average molecular weight is 221 g/mol. The van der Waals surface area contributed by atoms with Crippen LogP contribution in [-0.2, 0) is 9.59 Å². The van der Waals surface area contributed by atoms with Crippen LogP contribution in [0.25, 0.3) is 0 Å². The summed E-state index contributed by atoms with van der Waals surface area (Å²) in [5, 5.41) is 11.4. The van der Waals surface area contributed by atoms with Crippen molar-refractivity contribution in [1.82, 2.24) is 5.32 Å². The van der Waals surface area contributed by atoms with Crippen LogP contribution in [0.3, 0.4) is 0 Å². The molecule has 4 nitrogen and oxygen atoms in total. The van der Waals surface area contributed by atoms with Crippen molar-refractivity contribution in [2.45, 2.75) is 19.4 Å². The number of nitrogens with one attached hydrogen (secondary N) is 1. The lowest BCUT2D eigenvalue weighted by atomic mass is 9.91. The molecule has 1 amide bonds. The summed E-state index contributed by atoms with van der Waals surface area (Å²) in [6.45, 7) is 5.51. The van der Waals surface area contributed by atoms with Gasteiger partial charge in [-0.3, -0.25) is 4.79 Å². The topological polar surface area (TPSA) is 66.4 Å². The molecule has 0 aromatic heterocycles. The van der Waals surface area contributed by atoms with Crippen molar-refractivity contribution in [3.05, 3.63) is 36.5 Å². The number of rotatable bonds is 4. The van der Waals surface area contributed by atoms with Gasteiger partial charge in [0.2, 0.25) is 5.91 Å². The van der Waals surface area contributed by atoms with Gasteiger partial charge >= 0.3 is 5.97 Å². The zero-order valence-corrected chi connectivity index (χ0v) is 9.14. The van der Waals surface area contributed by atoms with Crippen LogP contribution in [0.1, 0.15) is 13.3 Å². The minimum atomic E-state index is -1.01. The van der Waals surface area contributed by atoms with Gasteiger partial charge in [0.05, 0.1) is 0 Å². The molecular weight excluding hydrogens is 206 g/mol. The largest absolute Gasteiger partial charge is 0.480 e. The zero-order valence-electron chi connectivity index (χ0n) is 9.14. The number of hydrogen-bond donors (Lipinski definition) is 2. The molecule has 0 aromatic carbocycles. The number of hydrogen-bond acceptors (Lipinski definition) is 2. The van der Waals surface area contributed by atoms with Crippen molar-refractivity contribution < 1.29 is 14.7 Å². The number of carboxylic acids is 1. The summed E-state index contributed by atoms with van der Waals surface area (Å²) in [4.78, 5) is 22.2. The summed E-state index contributed by atoms with van der Waals surface area (Å²) in [6.07, 6.45) is 7.23. The Balaban J connectivity index is 2.95. The summed E-state index contributed by atoms with van der Waals surface area (Å²) >= 11 is 0. The number of amides is 1. The highest BCUT2D eigenvalue weighted by Gasteiger charge is 2.38. The van der Waals surface area contributed by atoms with E-state index in [1.165, 1.54) is 0 Å². The highest BCUT2D eigenvalue weighted by atomic mass is 16.4. The quantitative estimate of drug-likeness (QED) is 0.702. The summed E-state index contributed by atoms with van der Waals surface area (Å²) < 4.78 is 0. The van der Waals surface area contributed by atoms with E-state index < -0.39 is 12.0 Å². The molecule has 2 unspecified atom stereocenters. The first kappa shape index (κ1) is 12.2. The molecule has 1 heterocycles. The second-order valence-electron chi connectivity index (χ2n) is 3.59. The van der Waals surface area contributed by atoms with Gasteiger partial charge < -0.3 is 10.4 Å². The van der Waals surface area contributed by atoms with Crippen LogP contribution in [-0.4, -0.2) is 23.0 Å². The fraction of sp³-hybridized carbons (Fsp3) is 0.333. The zero-order chi connectivity index (χ0) is 12.1. The molecule has 0 saturated carbocycles. The van der Waals surface area contributed by atoms with Crippen LogP contribution in [0.2, 0.25) is 0 Å². The van der Waals surface area contributed by atoms with Gasteiger partial charge in [-0.15, -0.1) is 0 Å². The number of aliphatic carboxylic acids is 1. The molecular formula is C12H15NO3. The monoisotopic (exact) mass is 221 g/mol. The molecule has 0 aliphatic carbocycles. The van der Waals surface area contributed by atoms with Crippen molar-refractivity contribution in [2.75, 3.05) is 0 Å². The third kappa shape index (κ3) is 2.59. The summed E-state index contributed by atoms with van der Waals surface area (Å²) in [5.41, 5.74) is 0.767. The molecule has 1 rings (SSSR count). The van der Waals surface area contributed by atoms with E-state index in [2.05, 4.69) is 11.9 Å². The third-order valence-corrected chi connectivity index (χ3v) is 2.54. The predicted molar refractivity (Wildman–Crippen MR) is 60.8 cm³/mol. The van der Waals surface area contributed by atoms with Gasteiger partial charge in [0.25, 0.3) is 0 Å². The van der Waals surface area contributed by atoms with Crippen LogP contribution >= 0.6 is 0 Å². The number of carbonyl (C=O) groups excluding carboxylic acids is 1. The first-order valence-electron chi connectivity index (χ1n) is 5.07. The Labute approximate surface area is 94.3 Å². The molecule has 1 saturated heterocycles. The van der Waals surface area contributed by atoms with E-state index in [1.54, 1.807) is 18.2 Å². The Morgan fingerprint density at radius 1 is 1.62 bits per heavy atom. The maximum Gasteiger partial charge on any atom is 0.326 e. The summed E-state index contributed by atoms with van der Waals surface area (Å²) in [6, 6.07) is -0.845. The predicted octanol–water partition coefficient (Wildman–Crippen LogP) is 1.26. The molecule has 1 fully saturated rings. The Morgan fingerprint density at radius 3 is 2.81 bits per heavy atom. The normalized spacial score (nSPS) is 25.8. The summed E-state index contributed by atoms with van der Waals surface area (Å²) in [7, 11) is 0. The molecule has 1 aliphatic heterocycles. The SMILES string of the molecule is C=C/C(=C\C=C/C)C1CC(=O)NC1C(=O)O. The first-order chi connectivity index (χ1) is 7.60. The fourth-order valence-corrected chi connectivity index (χ4v) is 1.75. The smallest absolute Gasteiger partial charge is 0.326 e. The molecule has 1 aliphatic rings. The number of carbonyl (C=O) groups is 2. The van der Waals surface area contributed by atoms with Crippen molar-refractivity contribution in [1.29, 1.82) is 0 Å². The van der Waals surface area contributed by atoms with Gasteiger partial charge in [-0.05, 0) is 12.5 Å². The third-order valence-electron chi connectivity index (χ3n) is 2.54. The maximum absolute atomic E-state index is 11.2. The lowest BCUT2D eigenvalue weighted by molar-refractivity contribution is -0.140. The molecule has 2 N–H and O–H groups in total. The molecule has 0 aromatic rings. The lowest BCUT2D eigenvalue weighted by Gasteiger charge is -2.15. The number of allylic oxidation sites excluding steroid dienone is 4. The Morgan fingerprint density at radius 2 is 2.31 bits per heavy atom. The molecule has 0 radical (unpaired) electrons. The van der Waals surface area contributed by atoms with E-state index in [-0.39, 0.29) is 18.2 Å². The van der Waals surface area contributed by atoms with Crippen molar-refractivity contribution in [3.63, 3.8) is 0 Å². The van der Waals surface area contributed by atoms with Crippen molar-refractivity contribution in [3.8, 4) is 0 Å². The van der Waals surface area contributed by atoms with E-state index >= 15 is 0 Å². The standard InChI is InChI=1S/C12H15NO3/c1-3-5-6-8(4-2)9-7-10(14)13-11(9)12(15)16/h3-6,9,11H,2,7H2,1H3,(H,13,14)(H,15,16)/b5-3-,8-6+. The van der Waals surface area contributed by atoms with Crippen LogP contribution in [0.4, 0.5) is 0 Å². The molecule has 4 heteroatoms. The minimum absolute atomic E-state index is 0.201. The molecule has 86 valence electrons. The number of carboxylic acid groups (broad SMARTS) is 1. The molecule has 0 spiro atoms. The van der Waals surface area contributed by atoms with Crippen LogP contribution in [0, 0.1) is 5.92 Å². The fourth-order valence-electron chi connectivity index (χ4n) is 1.75. The first-order valence-corrected chi connectivity index (χ1v) is 5.07. The van der Waals surface area contributed by atoms with Gasteiger partial charge in [0.15, 0.2) is 0 Å². The maximum atomic E-state index is 11.2. The lowest BCUT2D eigenvalue weighted by Crippen LogP contribution is -2.37. The summed E-state index contributed by atoms with van der Waals surface area (Å²) in [5.74, 6) is -1.58. The molecule has 0 bridgehead atoms. The van der Waals surface area contributed by atoms with Gasteiger partial charge in [-0.1, -0.05) is 30.9 Å². The van der Waals surface area contributed by atoms with E-state index in [1.807, 2.05) is 13.0 Å². The van der Waals surface area contributed by atoms with Gasteiger partial charge in [-0.25, -0.2) is 4.79 Å². The van der Waals surface area contributed by atoms with E-state index in [0.29, 0.717) is 0 Å². The molecule has 16 heavy (non-hydrogen) atoms.